The van der Waals surface area contributed by atoms with Gasteiger partial charge in [0.25, 0.3) is 6.33 Å². The van der Waals surface area contributed by atoms with Crippen LogP contribution in [0.1, 0.15) is 139 Å². The van der Waals surface area contributed by atoms with Crippen molar-refractivity contribution in [2.75, 3.05) is 0 Å². The van der Waals surface area contributed by atoms with Gasteiger partial charge in [-0.15, -0.1) is 29.7 Å². The van der Waals surface area contributed by atoms with Crippen molar-refractivity contribution in [3.05, 3.63) is 198 Å². The number of hydrogen-bond donors (Lipinski definition) is 0. The standard InChI is InChI=1S/C68H70N4O.Pt/c1-64(2,3)47-32-33-69-62(40-47)72-58-27-20-19-26-54(58)55-30-29-53(42-60(55)72)73-52-25-21-24-51(41-52)70-43-71(59-31-28-45(36-61(59)70)44-22-17-16-18-23-44)63-56(38-50(67(10,11)12)39-57(63)68(13,14)15)46-34-48(65(4,5)6)37-49(35-46)66(7,8)9;/h16-40H,1-15H3;/q-2;/i16D,17D,18D,22D,23D;. The van der Waals surface area contributed by atoms with E-state index in [2.05, 4.69) is 192 Å². The summed E-state index contributed by atoms with van der Waals surface area (Å²) in [6, 6.07) is 45.3. The number of hydrogen-bond acceptors (Lipinski definition) is 2. The summed E-state index contributed by atoms with van der Waals surface area (Å²) in [5.74, 6) is 1.74. The van der Waals surface area contributed by atoms with E-state index in [0.29, 0.717) is 28.3 Å². The number of rotatable bonds is 7. The van der Waals surface area contributed by atoms with E-state index in [0.717, 1.165) is 55.5 Å². The summed E-state index contributed by atoms with van der Waals surface area (Å²) in [6.07, 6.45) is 5.70. The van der Waals surface area contributed by atoms with Crippen LogP contribution in [0.5, 0.6) is 11.5 Å². The molecule has 0 radical (unpaired) electrons. The molecule has 3 aromatic heterocycles. The second kappa shape index (κ2) is 19.0. The number of aromatic nitrogens is 4. The quantitative estimate of drug-likeness (QED) is 0.118. The van der Waals surface area contributed by atoms with Gasteiger partial charge in [-0.05, 0) is 112 Å². The zero-order valence-corrected chi connectivity index (χ0v) is 47.8. The SMILES string of the molecule is [2H]c1c([2H])c([2H])c(-c2ccc3c(c2)n(-c2[c-]c(Oc4[c-]c5c(cc4)c4ccccc4n5-c4cc(C(C)(C)C)ccn4)ccc2)[c-][n+]3-c2c(-c3cc(C(C)(C)C)cc(C(C)(C)C)c3)cc(C(C)(C)C)cc2C(C)(C)C)c([2H])c1[2H].[Pt]. The molecule has 0 aliphatic carbocycles. The summed E-state index contributed by atoms with van der Waals surface area (Å²) in [7, 11) is 0. The molecule has 0 amide bonds. The maximum Gasteiger partial charge on any atom is 0.268 e. The number of imidazole rings is 1. The molecule has 10 aromatic rings. The largest absolute Gasteiger partial charge is 0.510 e. The maximum absolute atomic E-state index is 9.04. The first-order chi connectivity index (χ1) is 36.4. The van der Waals surface area contributed by atoms with Crippen molar-refractivity contribution in [3.8, 4) is 50.9 Å². The molecule has 7 aromatic carbocycles. The van der Waals surface area contributed by atoms with Gasteiger partial charge in [-0.25, -0.2) is 4.98 Å². The van der Waals surface area contributed by atoms with Crippen LogP contribution in [0.4, 0.5) is 0 Å². The number of ether oxygens (including phenoxy) is 1. The number of nitrogens with zero attached hydrogens (tertiary/aromatic N) is 4. The fourth-order valence-electron chi connectivity index (χ4n) is 9.68. The fraction of sp³-hybridized carbons (Fsp3) is 0.294. The average molecular weight is 1160 g/mol. The molecule has 0 aliphatic rings. The van der Waals surface area contributed by atoms with Gasteiger partial charge < -0.3 is 13.9 Å². The molecule has 10 rings (SSSR count). The van der Waals surface area contributed by atoms with E-state index in [4.69, 9.17) is 16.6 Å². The Morgan fingerprint density at radius 2 is 1.18 bits per heavy atom. The molecular weight excluding hydrogens is 1080 g/mol. The molecular formula is C68H70N4OPt-2. The van der Waals surface area contributed by atoms with E-state index in [1.807, 2.05) is 65.4 Å². The molecule has 3 heterocycles. The summed E-state index contributed by atoms with van der Waals surface area (Å²) in [5.41, 5.74) is 12.7. The monoisotopic (exact) mass is 1160 g/mol. The second-order valence-electron chi connectivity index (χ2n) is 24.8. The van der Waals surface area contributed by atoms with Gasteiger partial charge in [0.1, 0.15) is 5.82 Å². The van der Waals surface area contributed by atoms with E-state index in [1.54, 1.807) is 0 Å². The van der Waals surface area contributed by atoms with Crippen LogP contribution in [0.2, 0.25) is 0 Å². The Balaban J connectivity index is 0.00000757. The van der Waals surface area contributed by atoms with Crippen molar-refractivity contribution >= 4 is 32.8 Å². The van der Waals surface area contributed by atoms with Crippen molar-refractivity contribution < 1.29 is 37.2 Å². The zero-order valence-electron chi connectivity index (χ0n) is 50.6. The summed E-state index contributed by atoms with van der Waals surface area (Å²) >= 11 is 0. The Kier molecular flexibility index (Phi) is 11.8. The molecule has 0 aliphatic heterocycles. The fourth-order valence-corrected chi connectivity index (χ4v) is 9.68. The Bertz CT molecular complexity index is 3980. The number of benzene rings is 7. The minimum absolute atomic E-state index is 0. The molecule has 0 unspecified atom stereocenters. The van der Waals surface area contributed by atoms with E-state index >= 15 is 0 Å². The second-order valence-corrected chi connectivity index (χ2v) is 24.8. The van der Waals surface area contributed by atoms with E-state index < -0.39 is 18.1 Å². The summed E-state index contributed by atoms with van der Waals surface area (Å²) < 4.78 is 56.7. The van der Waals surface area contributed by atoms with Crippen molar-refractivity contribution in [3.63, 3.8) is 0 Å². The summed E-state index contributed by atoms with van der Waals surface area (Å²) in [6.45, 7) is 33.8. The zero-order chi connectivity index (χ0) is 56.3. The predicted molar refractivity (Wildman–Crippen MR) is 304 cm³/mol. The Morgan fingerprint density at radius 3 is 1.84 bits per heavy atom. The molecule has 74 heavy (non-hydrogen) atoms. The third-order valence-corrected chi connectivity index (χ3v) is 14.0. The topological polar surface area (TPSA) is 35.9 Å². The smallest absolute Gasteiger partial charge is 0.268 e. The van der Waals surface area contributed by atoms with Crippen LogP contribution >= 0.6 is 0 Å². The van der Waals surface area contributed by atoms with Crippen LogP contribution in [0.25, 0.3) is 72.3 Å². The Labute approximate surface area is 461 Å². The first-order valence-corrected chi connectivity index (χ1v) is 25.5. The van der Waals surface area contributed by atoms with E-state index in [1.165, 1.54) is 22.3 Å². The number of para-hydroxylation sites is 1. The Hall–Kier alpha value is -6.55. The predicted octanol–water partition coefficient (Wildman–Crippen LogP) is 17.4. The molecule has 0 saturated heterocycles. The molecule has 0 spiro atoms. The summed E-state index contributed by atoms with van der Waals surface area (Å²) in [4.78, 5) is 4.87. The van der Waals surface area contributed by atoms with Crippen LogP contribution in [0.15, 0.2) is 152 Å². The molecule has 0 saturated carbocycles. The van der Waals surface area contributed by atoms with Crippen LogP contribution < -0.4 is 9.30 Å². The third kappa shape index (κ3) is 10.1. The molecule has 0 fully saturated rings. The summed E-state index contributed by atoms with van der Waals surface area (Å²) in [5, 5.41) is 2.11. The van der Waals surface area contributed by atoms with Gasteiger partial charge in [-0.3, -0.25) is 4.57 Å². The Morgan fingerprint density at radius 1 is 0.527 bits per heavy atom. The molecule has 6 heteroatoms. The van der Waals surface area contributed by atoms with Crippen LogP contribution in [0.3, 0.4) is 0 Å². The molecule has 5 nitrogen and oxygen atoms in total. The van der Waals surface area contributed by atoms with Gasteiger partial charge in [-0.1, -0.05) is 200 Å². The first kappa shape index (κ1) is 46.0. The van der Waals surface area contributed by atoms with Crippen molar-refractivity contribution in [1.82, 2.24) is 14.1 Å². The van der Waals surface area contributed by atoms with Gasteiger partial charge in [0.15, 0.2) is 0 Å². The first-order valence-electron chi connectivity index (χ1n) is 28.0. The molecule has 380 valence electrons. The molecule has 0 bridgehead atoms. The number of fused-ring (bicyclic) bond motifs is 4. The van der Waals surface area contributed by atoms with Crippen molar-refractivity contribution in [2.24, 2.45) is 0 Å². The van der Waals surface area contributed by atoms with Gasteiger partial charge >= 0.3 is 0 Å². The molecule has 0 N–H and O–H groups in total. The van der Waals surface area contributed by atoms with E-state index in [9.17, 15) is 0 Å². The average Bonchev–Trinajstić information content (AvgIpc) is 4.18. The van der Waals surface area contributed by atoms with Crippen molar-refractivity contribution in [1.29, 1.82) is 0 Å². The van der Waals surface area contributed by atoms with Crippen LogP contribution in [-0.4, -0.2) is 14.1 Å². The van der Waals surface area contributed by atoms with Gasteiger partial charge in [-0.2, -0.15) is 18.2 Å². The maximum atomic E-state index is 9.04. The minimum Gasteiger partial charge on any atom is -0.510 e. The van der Waals surface area contributed by atoms with Gasteiger partial charge in [0, 0.05) is 44.3 Å². The number of pyridine rings is 1. The van der Waals surface area contributed by atoms with Gasteiger partial charge in [0.05, 0.1) is 23.6 Å². The van der Waals surface area contributed by atoms with Crippen molar-refractivity contribution in [2.45, 2.75) is 131 Å². The van der Waals surface area contributed by atoms with Crippen LogP contribution in [-0.2, 0) is 48.1 Å². The minimum atomic E-state index is -0.439. The third-order valence-electron chi connectivity index (χ3n) is 14.0. The van der Waals surface area contributed by atoms with Crippen LogP contribution in [0, 0.1) is 18.5 Å². The van der Waals surface area contributed by atoms with E-state index in [-0.39, 0.29) is 65.8 Å². The van der Waals surface area contributed by atoms with Gasteiger partial charge in [0.2, 0.25) is 0 Å². The molecule has 0 atom stereocenters. The normalized spacial score (nSPS) is 13.6.